The zero-order chi connectivity index (χ0) is 15.9. The van der Waals surface area contributed by atoms with Gasteiger partial charge in [-0.05, 0) is 67.9 Å². The maximum absolute atomic E-state index is 9.46. The summed E-state index contributed by atoms with van der Waals surface area (Å²) >= 11 is 0. The van der Waals surface area contributed by atoms with Crippen LogP contribution in [0.1, 0.15) is 18.4 Å². The minimum absolute atomic E-state index is 0.297. The molecule has 122 valence electrons. The first kappa shape index (κ1) is 15.7. The van der Waals surface area contributed by atoms with Gasteiger partial charge in [0.25, 0.3) is 0 Å². The van der Waals surface area contributed by atoms with Crippen molar-refractivity contribution in [2.75, 3.05) is 31.6 Å². The number of aromatic hydroxyl groups is 1. The molecule has 1 aliphatic rings. The summed E-state index contributed by atoms with van der Waals surface area (Å²) in [5.74, 6) is 1.21. The van der Waals surface area contributed by atoms with E-state index in [1.807, 2.05) is 36.4 Å². The van der Waals surface area contributed by atoms with E-state index in [0.29, 0.717) is 12.3 Å². The van der Waals surface area contributed by atoms with Gasteiger partial charge in [0.1, 0.15) is 18.1 Å². The van der Waals surface area contributed by atoms with Crippen LogP contribution in [0.4, 0.5) is 5.69 Å². The van der Waals surface area contributed by atoms with Gasteiger partial charge in [-0.15, -0.1) is 0 Å². The number of phenols is 1. The zero-order valence-corrected chi connectivity index (χ0v) is 13.4. The fraction of sp³-hybridized carbons (Fsp3) is 0.368. The van der Waals surface area contributed by atoms with E-state index < -0.39 is 0 Å². The Hall–Kier alpha value is -2.20. The molecule has 0 radical (unpaired) electrons. The highest BCUT2D eigenvalue weighted by Gasteiger charge is 2.10. The summed E-state index contributed by atoms with van der Waals surface area (Å²) in [5.41, 5.74) is 2.09. The van der Waals surface area contributed by atoms with Crippen LogP contribution in [-0.2, 0) is 6.54 Å². The van der Waals surface area contributed by atoms with E-state index >= 15 is 0 Å². The molecule has 2 aromatic carbocycles. The fourth-order valence-corrected chi connectivity index (χ4v) is 2.84. The first-order valence-electron chi connectivity index (χ1n) is 8.26. The van der Waals surface area contributed by atoms with E-state index in [-0.39, 0.29) is 0 Å². The maximum Gasteiger partial charge on any atom is 0.119 e. The van der Waals surface area contributed by atoms with Crippen molar-refractivity contribution in [2.45, 2.75) is 19.4 Å². The minimum atomic E-state index is 0.297. The number of benzene rings is 2. The molecule has 0 spiro atoms. The summed E-state index contributed by atoms with van der Waals surface area (Å²) in [6, 6.07) is 15.3. The van der Waals surface area contributed by atoms with Gasteiger partial charge in [0.2, 0.25) is 0 Å². The second kappa shape index (κ2) is 7.88. The highest BCUT2D eigenvalue weighted by Crippen LogP contribution is 2.18. The van der Waals surface area contributed by atoms with E-state index in [1.165, 1.54) is 25.9 Å². The first-order valence-corrected chi connectivity index (χ1v) is 8.26. The van der Waals surface area contributed by atoms with Crippen molar-refractivity contribution in [1.82, 2.24) is 4.90 Å². The number of phenolic OH excluding ortho intramolecular Hbond substituents is 1. The van der Waals surface area contributed by atoms with Gasteiger partial charge in [0.05, 0.1) is 0 Å². The van der Waals surface area contributed by atoms with Gasteiger partial charge in [-0.2, -0.15) is 0 Å². The van der Waals surface area contributed by atoms with Gasteiger partial charge in [-0.1, -0.05) is 12.1 Å². The summed E-state index contributed by atoms with van der Waals surface area (Å²) in [4.78, 5) is 2.45. The number of rotatable bonds is 7. The number of hydrogen-bond donors (Lipinski definition) is 2. The molecule has 0 aromatic heterocycles. The molecule has 23 heavy (non-hydrogen) atoms. The lowest BCUT2D eigenvalue weighted by atomic mass is 10.2. The Morgan fingerprint density at radius 2 is 1.83 bits per heavy atom. The molecule has 0 amide bonds. The Morgan fingerprint density at radius 1 is 1.04 bits per heavy atom. The monoisotopic (exact) mass is 312 g/mol. The average Bonchev–Trinajstić information content (AvgIpc) is 3.08. The van der Waals surface area contributed by atoms with E-state index in [0.717, 1.165) is 30.2 Å². The molecular formula is C19H24N2O2. The van der Waals surface area contributed by atoms with Gasteiger partial charge in [-0.25, -0.2) is 0 Å². The van der Waals surface area contributed by atoms with Crippen LogP contribution in [0.5, 0.6) is 11.5 Å². The van der Waals surface area contributed by atoms with Crippen LogP contribution in [0.3, 0.4) is 0 Å². The Kier molecular flexibility index (Phi) is 5.37. The predicted octanol–water partition coefficient (Wildman–Crippen LogP) is 3.48. The minimum Gasteiger partial charge on any atom is -0.508 e. The highest BCUT2D eigenvalue weighted by atomic mass is 16.5. The lowest BCUT2D eigenvalue weighted by molar-refractivity contribution is 0.238. The normalized spacial score (nSPS) is 14.8. The van der Waals surface area contributed by atoms with Gasteiger partial charge in [0.15, 0.2) is 0 Å². The van der Waals surface area contributed by atoms with Crippen LogP contribution in [-0.4, -0.2) is 36.2 Å². The fourth-order valence-electron chi connectivity index (χ4n) is 2.84. The lowest BCUT2D eigenvalue weighted by Gasteiger charge is -2.15. The van der Waals surface area contributed by atoms with Crippen molar-refractivity contribution in [2.24, 2.45) is 0 Å². The summed E-state index contributed by atoms with van der Waals surface area (Å²) in [6.45, 7) is 4.86. The molecule has 2 aromatic rings. The van der Waals surface area contributed by atoms with Crippen LogP contribution >= 0.6 is 0 Å². The third-order valence-corrected chi connectivity index (χ3v) is 4.14. The number of nitrogens with zero attached hydrogens (tertiary/aromatic N) is 1. The molecule has 4 nitrogen and oxygen atoms in total. The summed E-state index contributed by atoms with van der Waals surface area (Å²) in [6.07, 6.45) is 2.64. The SMILES string of the molecule is Oc1cccc(CNc2ccc(OCCN3CCCC3)cc2)c1. The first-order chi connectivity index (χ1) is 11.3. The van der Waals surface area contributed by atoms with Crippen LogP contribution in [0.2, 0.25) is 0 Å². The highest BCUT2D eigenvalue weighted by molar-refractivity contribution is 5.47. The summed E-state index contributed by atoms with van der Waals surface area (Å²) < 4.78 is 5.80. The molecule has 1 saturated heterocycles. The second-order valence-electron chi connectivity index (χ2n) is 5.95. The zero-order valence-electron chi connectivity index (χ0n) is 13.4. The van der Waals surface area contributed by atoms with Crippen LogP contribution in [0.15, 0.2) is 48.5 Å². The molecule has 0 bridgehead atoms. The third kappa shape index (κ3) is 4.89. The molecule has 1 heterocycles. The second-order valence-corrected chi connectivity index (χ2v) is 5.95. The van der Waals surface area contributed by atoms with Gasteiger partial charge in [0, 0.05) is 18.8 Å². The van der Waals surface area contributed by atoms with E-state index in [9.17, 15) is 5.11 Å². The van der Waals surface area contributed by atoms with Crippen molar-refractivity contribution in [3.05, 3.63) is 54.1 Å². The van der Waals surface area contributed by atoms with Gasteiger partial charge >= 0.3 is 0 Å². The smallest absolute Gasteiger partial charge is 0.119 e. The van der Waals surface area contributed by atoms with E-state index in [1.54, 1.807) is 12.1 Å². The molecule has 0 saturated carbocycles. The quantitative estimate of drug-likeness (QED) is 0.821. The average molecular weight is 312 g/mol. The molecule has 2 N–H and O–H groups in total. The van der Waals surface area contributed by atoms with Crippen molar-refractivity contribution < 1.29 is 9.84 Å². The molecule has 3 rings (SSSR count). The predicted molar refractivity (Wildman–Crippen MR) is 93.0 cm³/mol. The number of nitrogens with one attached hydrogen (secondary N) is 1. The molecule has 1 fully saturated rings. The Balaban J connectivity index is 1.43. The topological polar surface area (TPSA) is 44.7 Å². The van der Waals surface area contributed by atoms with Gasteiger partial charge < -0.3 is 15.2 Å². The molecule has 4 heteroatoms. The number of ether oxygens (including phenoxy) is 1. The van der Waals surface area contributed by atoms with E-state index in [4.69, 9.17) is 4.74 Å². The van der Waals surface area contributed by atoms with Crippen LogP contribution < -0.4 is 10.1 Å². The molecule has 0 aliphatic carbocycles. The standard InChI is InChI=1S/C19H24N2O2/c22-18-5-3-4-16(14-18)15-20-17-6-8-19(9-7-17)23-13-12-21-10-1-2-11-21/h3-9,14,20,22H,1-2,10-13,15H2. The van der Waals surface area contributed by atoms with Gasteiger partial charge in [-0.3, -0.25) is 4.90 Å². The molecule has 0 atom stereocenters. The Morgan fingerprint density at radius 3 is 2.57 bits per heavy atom. The molecule has 0 unspecified atom stereocenters. The summed E-state index contributed by atoms with van der Waals surface area (Å²) in [7, 11) is 0. The van der Waals surface area contributed by atoms with Crippen molar-refractivity contribution in [3.63, 3.8) is 0 Å². The third-order valence-electron chi connectivity index (χ3n) is 4.14. The Bertz CT molecular complexity index is 607. The largest absolute Gasteiger partial charge is 0.508 e. The van der Waals surface area contributed by atoms with Crippen molar-refractivity contribution in [3.8, 4) is 11.5 Å². The van der Waals surface area contributed by atoms with E-state index in [2.05, 4.69) is 10.2 Å². The van der Waals surface area contributed by atoms with Crippen LogP contribution in [0.25, 0.3) is 0 Å². The number of likely N-dealkylation sites (tertiary alicyclic amines) is 1. The van der Waals surface area contributed by atoms with Crippen molar-refractivity contribution in [1.29, 1.82) is 0 Å². The summed E-state index contributed by atoms with van der Waals surface area (Å²) in [5, 5.41) is 12.8. The number of hydrogen-bond acceptors (Lipinski definition) is 4. The maximum atomic E-state index is 9.46. The Labute approximate surface area is 137 Å². The van der Waals surface area contributed by atoms with Crippen molar-refractivity contribution >= 4 is 5.69 Å². The number of anilines is 1. The molecule has 1 aliphatic heterocycles. The molecular weight excluding hydrogens is 288 g/mol. The lowest BCUT2D eigenvalue weighted by Crippen LogP contribution is -2.25. The van der Waals surface area contributed by atoms with Crippen LogP contribution in [0, 0.1) is 0 Å².